The van der Waals surface area contributed by atoms with Gasteiger partial charge in [0.2, 0.25) is 5.91 Å². The van der Waals surface area contributed by atoms with Gasteiger partial charge in [-0.25, -0.2) is 0 Å². The van der Waals surface area contributed by atoms with Crippen molar-refractivity contribution in [3.8, 4) is 0 Å². The van der Waals surface area contributed by atoms with E-state index in [0.29, 0.717) is 33.0 Å². The molecule has 1 amide bonds. The Labute approximate surface area is 195 Å². The molecule has 2 saturated heterocycles. The number of hydrogen-bond acceptors (Lipinski definition) is 4. The van der Waals surface area contributed by atoms with Crippen LogP contribution in [0.1, 0.15) is 29.5 Å². The summed E-state index contributed by atoms with van der Waals surface area (Å²) < 4.78 is 11.6. The van der Waals surface area contributed by atoms with Crippen molar-refractivity contribution in [1.29, 1.82) is 0 Å². The molecule has 172 valence electrons. The number of amides is 1. The van der Waals surface area contributed by atoms with E-state index in [9.17, 15) is 4.79 Å². The lowest BCUT2D eigenvalue weighted by molar-refractivity contribution is -0.141. The first-order valence-corrected chi connectivity index (χ1v) is 12.0. The predicted octanol–water partition coefficient (Wildman–Crippen LogP) is 4.31. The van der Waals surface area contributed by atoms with E-state index < -0.39 is 5.41 Å². The summed E-state index contributed by atoms with van der Waals surface area (Å²) in [5, 5.41) is 2.35. The minimum atomic E-state index is -0.505. The van der Waals surface area contributed by atoms with E-state index >= 15 is 0 Å². The standard InChI is InChI=1S/C28H32N2O3/c1-21-2-6-26(7-3-21)28(9-13-32-14-10-28)27(31)30-12-15-33-20-23(19-30)16-22-4-5-24-8-11-29-18-25(24)17-22/h2-8,11,17-18,23H,9-10,12-16,19-20H2,1H3/t23-/m1/s1. The maximum Gasteiger partial charge on any atom is 0.233 e. The van der Waals surface area contributed by atoms with Crippen LogP contribution in [-0.2, 0) is 26.1 Å². The zero-order valence-corrected chi connectivity index (χ0v) is 19.3. The number of nitrogens with zero attached hydrogens (tertiary/aromatic N) is 2. The summed E-state index contributed by atoms with van der Waals surface area (Å²) in [5.41, 5.74) is 3.08. The highest BCUT2D eigenvalue weighted by Crippen LogP contribution is 2.37. The van der Waals surface area contributed by atoms with Crippen molar-refractivity contribution in [1.82, 2.24) is 9.88 Å². The number of benzene rings is 2. The lowest BCUT2D eigenvalue weighted by Crippen LogP contribution is -2.51. The maximum atomic E-state index is 14.1. The molecule has 33 heavy (non-hydrogen) atoms. The highest BCUT2D eigenvalue weighted by molar-refractivity contribution is 5.88. The highest BCUT2D eigenvalue weighted by Gasteiger charge is 2.44. The summed E-state index contributed by atoms with van der Waals surface area (Å²) in [7, 11) is 0. The Bertz CT molecular complexity index is 1110. The molecule has 0 aliphatic carbocycles. The van der Waals surface area contributed by atoms with E-state index in [0.717, 1.165) is 36.8 Å². The maximum absolute atomic E-state index is 14.1. The van der Waals surface area contributed by atoms with Gasteiger partial charge in [0, 0.05) is 50.0 Å². The van der Waals surface area contributed by atoms with Gasteiger partial charge in [0.1, 0.15) is 0 Å². The van der Waals surface area contributed by atoms with Crippen molar-refractivity contribution in [2.45, 2.75) is 31.6 Å². The molecule has 0 unspecified atom stereocenters. The van der Waals surface area contributed by atoms with Crippen LogP contribution in [-0.4, -0.2) is 55.3 Å². The second-order valence-corrected chi connectivity index (χ2v) is 9.51. The second-order valence-electron chi connectivity index (χ2n) is 9.51. The van der Waals surface area contributed by atoms with Crippen molar-refractivity contribution < 1.29 is 14.3 Å². The molecule has 5 rings (SSSR count). The van der Waals surface area contributed by atoms with Crippen molar-refractivity contribution in [3.63, 3.8) is 0 Å². The van der Waals surface area contributed by atoms with Crippen LogP contribution in [0.4, 0.5) is 0 Å². The van der Waals surface area contributed by atoms with Crippen molar-refractivity contribution in [2.75, 3.05) is 39.5 Å². The Kier molecular flexibility index (Phi) is 6.43. The molecule has 5 heteroatoms. The molecule has 0 N–H and O–H groups in total. The van der Waals surface area contributed by atoms with Gasteiger partial charge in [0.15, 0.2) is 0 Å². The van der Waals surface area contributed by atoms with E-state index in [1.807, 2.05) is 18.5 Å². The molecule has 1 atom stereocenters. The van der Waals surface area contributed by atoms with Crippen molar-refractivity contribution in [3.05, 3.63) is 77.6 Å². The second kappa shape index (κ2) is 9.62. The number of aryl methyl sites for hydroxylation is 1. The van der Waals surface area contributed by atoms with Crippen LogP contribution >= 0.6 is 0 Å². The van der Waals surface area contributed by atoms with Gasteiger partial charge in [-0.1, -0.05) is 42.0 Å². The summed E-state index contributed by atoms with van der Waals surface area (Å²) in [6.45, 7) is 5.96. The number of hydrogen-bond donors (Lipinski definition) is 0. The number of aromatic nitrogens is 1. The fraction of sp³-hybridized carbons (Fsp3) is 0.429. The summed E-state index contributed by atoms with van der Waals surface area (Å²) in [4.78, 5) is 20.4. The molecule has 2 aliphatic rings. The molecule has 5 nitrogen and oxygen atoms in total. The van der Waals surface area contributed by atoms with Gasteiger partial charge >= 0.3 is 0 Å². The first kappa shape index (κ1) is 22.1. The fourth-order valence-electron chi connectivity index (χ4n) is 5.30. The van der Waals surface area contributed by atoms with E-state index in [1.54, 1.807) is 0 Å². The third-order valence-electron chi connectivity index (χ3n) is 7.21. The van der Waals surface area contributed by atoms with Crippen LogP contribution in [0.2, 0.25) is 0 Å². The predicted molar refractivity (Wildman–Crippen MR) is 129 cm³/mol. The Morgan fingerprint density at radius 3 is 2.67 bits per heavy atom. The van der Waals surface area contributed by atoms with Gasteiger partial charge in [-0.3, -0.25) is 9.78 Å². The molecule has 3 aromatic rings. The quantitative estimate of drug-likeness (QED) is 0.602. The smallest absolute Gasteiger partial charge is 0.233 e. The summed E-state index contributed by atoms with van der Waals surface area (Å²) >= 11 is 0. The van der Waals surface area contributed by atoms with Crippen LogP contribution in [0, 0.1) is 12.8 Å². The van der Waals surface area contributed by atoms with Gasteiger partial charge in [-0.2, -0.15) is 0 Å². The number of carbonyl (C=O) groups excluding carboxylic acids is 1. The lowest BCUT2D eigenvalue weighted by Gasteiger charge is -2.40. The van der Waals surface area contributed by atoms with Crippen LogP contribution < -0.4 is 0 Å². The van der Waals surface area contributed by atoms with Gasteiger partial charge < -0.3 is 14.4 Å². The zero-order chi connectivity index (χ0) is 22.7. The molecule has 2 fully saturated rings. The monoisotopic (exact) mass is 444 g/mol. The van der Waals surface area contributed by atoms with E-state index in [1.165, 1.54) is 16.5 Å². The number of carbonyl (C=O) groups is 1. The third kappa shape index (κ3) is 4.66. The number of fused-ring (bicyclic) bond motifs is 1. The van der Waals surface area contributed by atoms with Crippen LogP contribution in [0.5, 0.6) is 0 Å². The lowest BCUT2D eigenvalue weighted by atomic mass is 9.72. The van der Waals surface area contributed by atoms with Crippen molar-refractivity contribution >= 4 is 16.7 Å². The number of rotatable bonds is 4. The van der Waals surface area contributed by atoms with Crippen LogP contribution in [0.25, 0.3) is 10.8 Å². The third-order valence-corrected chi connectivity index (χ3v) is 7.21. The molecule has 0 radical (unpaired) electrons. The topological polar surface area (TPSA) is 51.7 Å². The SMILES string of the molecule is Cc1ccc(C2(C(=O)N3CCOC[C@H](Cc4ccc5ccncc5c4)C3)CCOCC2)cc1. The fourth-order valence-corrected chi connectivity index (χ4v) is 5.30. The molecule has 0 bridgehead atoms. The van der Waals surface area contributed by atoms with Crippen molar-refractivity contribution in [2.24, 2.45) is 5.92 Å². The highest BCUT2D eigenvalue weighted by atomic mass is 16.5. The summed E-state index contributed by atoms with van der Waals surface area (Å²) in [6.07, 6.45) is 6.08. The molecule has 1 aromatic heterocycles. The normalized spacial score (nSPS) is 21.0. The van der Waals surface area contributed by atoms with E-state index in [4.69, 9.17) is 9.47 Å². The van der Waals surface area contributed by atoms with Gasteiger partial charge in [0.25, 0.3) is 0 Å². The first-order chi connectivity index (χ1) is 16.1. The van der Waals surface area contributed by atoms with E-state index in [2.05, 4.69) is 59.3 Å². The first-order valence-electron chi connectivity index (χ1n) is 12.0. The Morgan fingerprint density at radius 2 is 1.85 bits per heavy atom. The molecule has 2 aliphatic heterocycles. The Hall–Kier alpha value is -2.76. The van der Waals surface area contributed by atoms with Gasteiger partial charge in [-0.15, -0.1) is 0 Å². The average Bonchev–Trinajstić information content (AvgIpc) is 3.10. The van der Waals surface area contributed by atoms with Crippen LogP contribution in [0.15, 0.2) is 60.9 Å². The van der Waals surface area contributed by atoms with Gasteiger partial charge in [0.05, 0.1) is 18.6 Å². The summed E-state index contributed by atoms with van der Waals surface area (Å²) in [6, 6.07) is 17.1. The van der Waals surface area contributed by atoms with Crippen LogP contribution in [0.3, 0.4) is 0 Å². The zero-order valence-electron chi connectivity index (χ0n) is 19.3. The summed E-state index contributed by atoms with van der Waals surface area (Å²) in [5.74, 6) is 0.494. The molecule has 0 saturated carbocycles. The Morgan fingerprint density at radius 1 is 1.03 bits per heavy atom. The minimum absolute atomic E-state index is 0.230. The molecular formula is C28H32N2O3. The van der Waals surface area contributed by atoms with E-state index in [-0.39, 0.29) is 11.8 Å². The van der Waals surface area contributed by atoms with Gasteiger partial charge in [-0.05, 0) is 54.8 Å². The Balaban J connectivity index is 1.37. The average molecular weight is 445 g/mol. The molecular weight excluding hydrogens is 412 g/mol. The molecule has 3 heterocycles. The molecule has 0 spiro atoms. The molecule has 2 aromatic carbocycles. The number of pyridine rings is 1. The minimum Gasteiger partial charge on any atom is -0.381 e. The largest absolute Gasteiger partial charge is 0.381 e. The number of ether oxygens (including phenoxy) is 2.